The van der Waals surface area contributed by atoms with Gasteiger partial charge in [-0.15, -0.1) is 0 Å². The maximum absolute atomic E-state index is 11.7. The van der Waals surface area contributed by atoms with Crippen LogP contribution < -0.4 is 0 Å². The lowest BCUT2D eigenvalue weighted by molar-refractivity contribution is -0.130. The van der Waals surface area contributed by atoms with Gasteiger partial charge in [0.1, 0.15) is 0 Å². The molecule has 3 heteroatoms. The van der Waals surface area contributed by atoms with Gasteiger partial charge in [-0.25, -0.2) is 0 Å². The second-order valence-electron chi connectivity index (χ2n) is 4.61. The van der Waals surface area contributed by atoms with Crippen LogP contribution in [0.4, 0.5) is 0 Å². The van der Waals surface area contributed by atoms with E-state index in [1.165, 1.54) is 32.4 Å². The third-order valence-corrected chi connectivity index (χ3v) is 3.47. The van der Waals surface area contributed by atoms with Gasteiger partial charge in [0.25, 0.3) is 0 Å². The highest BCUT2D eigenvalue weighted by Gasteiger charge is 2.30. The molecule has 1 atom stereocenters. The van der Waals surface area contributed by atoms with Crippen LogP contribution >= 0.6 is 0 Å². The minimum atomic E-state index is 0.290. The summed E-state index contributed by atoms with van der Waals surface area (Å²) in [5, 5.41) is 0. The minimum absolute atomic E-state index is 0.290. The van der Waals surface area contributed by atoms with E-state index in [9.17, 15) is 4.79 Å². The molecule has 80 valence electrons. The zero-order chi connectivity index (χ0) is 9.97. The number of hydrogen-bond donors (Lipinski definition) is 0. The molecule has 3 nitrogen and oxygen atoms in total. The zero-order valence-corrected chi connectivity index (χ0v) is 9.04. The third kappa shape index (κ3) is 2.08. The predicted octanol–water partition coefficient (Wildman–Crippen LogP) is 0.951. The van der Waals surface area contributed by atoms with Gasteiger partial charge < -0.3 is 9.80 Å². The lowest BCUT2D eigenvalue weighted by Gasteiger charge is -2.28. The van der Waals surface area contributed by atoms with E-state index < -0.39 is 0 Å². The molecule has 0 aromatic heterocycles. The van der Waals surface area contributed by atoms with Crippen LogP contribution in [0.2, 0.25) is 0 Å². The molecule has 0 aromatic carbocycles. The highest BCUT2D eigenvalue weighted by molar-refractivity contribution is 5.80. The zero-order valence-electron chi connectivity index (χ0n) is 9.04. The molecule has 0 aliphatic carbocycles. The summed E-state index contributed by atoms with van der Waals surface area (Å²) in [6, 6.07) is 0. The lowest BCUT2D eigenvalue weighted by atomic mass is 10.1. The van der Waals surface area contributed by atoms with E-state index in [0.29, 0.717) is 5.91 Å². The van der Waals surface area contributed by atoms with Gasteiger partial charge in [0.05, 0.1) is 5.92 Å². The number of nitrogens with zero attached hydrogens (tertiary/aromatic N) is 2. The molecule has 2 aliphatic rings. The summed E-state index contributed by atoms with van der Waals surface area (Å²) in [6.45, 7) is 4.36. The Balaban J connectivity index is 1.82. The Morgan fingerprint density at radius 2 is 1.93 bits per heavy atom. The number of amides is 1. The molecule has 0 radical (unpaired) electrons. The van der Waals surface area contributed by atoms with Crippen molar-refractivity contribution in [2.24, 2.45) is 5.92 Å². The van der Waals surface area contributed by atoms with Gasteiger partial charge in [-0.1, -0.05) is 6.42 Å². The van der Waals surface area contributed by atoms with Crippen LogP contribution in [-0.4, -0.2) is 48.9 Å². The summed E-state index contributed by atoms with van der Waals surface area (Å²) >= 11 is 0. The number of likely N-dealkylation sites (tertiary alicyclic amines) is 2. The maximum Gasteiger partial charge on any atom is 0.226 e. The smallest absolute Gasteiger partial charge is 0.226 e. The maximum atomic E-state index is 11.7. The highest BCUT2D eigenvalue weighted by atomic mass is 16.2. The molecule has 0 bridgehead atoms. The van der Waals surface area contributed by atoms with Crippen LogP contribution in [0.25, 0.3) is 0 Å². The molecule has 0 saturated carbocycles. The van der Waals surface area contributed by atoms with Crippen molar-refractivity contribution in [3.8, 4) is 0 Å². The molecule has 0 spiro atoms. The van der Waals surface area contributed by atoms with Crippen LogP contribution in [0.5, 0.6) is 0 Å². The fourth-order valence-electron chi connectivity index (χ4n) is 2.52. The number of carbonyl (C=O) groups excluding carboxylic acids is 1. The molecule has 0 aromatic rings. The van der Waals surface area contributed by atoms with Crippen molar-refractivity contribution >= 4 is 5.91 Å². The Labute approximate surface area is 86.1 Å². The fourth-order valence-corrected chi connectivity index (χ4v) is 2.52. The Kier molecular flexibility index (Phi) is 3.06. The summed E-state index contributed by atoms with van der Waals surface area (Å²) in [4.78, 5) is 16.0. The monoisotopic (exact) mass is 196 g/mol. The van der Waals surface area contributed by atoms with Gasteiger partial charge in [-0.2, -0.15) is 0 Å². The highest BCUT2D eigenvalue weighted by Crippen LogP contribution is 2.19. The molecular formula is C11H20N2O. The molecule has 2 rings (SSSR count). The van der Waals surface area contributed by atoms with E-state index in [2.05, 4.69) is 4.90 Å². The molecule has 0 N–H and O–H groups in total. The Hall–Kier alpha value is -0.570. The molecule has 1 amide bonds. The standard InChI is InChI=1S/C11H20N2O/c1-12-8-5-10(11(12)14)9-13-6-3-2-4-7-13/h10H,2-9H2,1H3/t10-/m1/s1. The Morgan fingerprint density at radius 3 is 2.50 bits per heavy atom. The molecule has 2 saturated heterocycles. The van der Waals surface area contributed by atoms with E-state index in [4.69, 9.17) is 0 Å². The van der Waals surface area contributed by atoms with Gasteiger partial charge in [0, 0.05) is 20.1 Å². The molecule has 14 heavy (non-hydrogen) atoms. The first kappa shape index (κ1) is 9.97. The first-order valence-corrected chi connectivity index (χ1v) is 5.75. The van der Waals surface area contributed by atoms with E-state index in [0.717, 1.165) is 19.5 Å². The topological polar surface area (TPSA) is 23.6 Å². The van der Waals surface area contributed by atoms with Crippen molar-refractivity contribution in [2.45, 2.75) is 25.7 Å². The summed E-state index contributed by atoms with van der Waals surface area (Å²) in [7, 11) is 1.92. The van der Waals surface area contributed by atoms with Crippen LogP contribution in [0.15, 0.2) is 0 Å². The first-order valence-electron chi connectivity index (χ1n) is 5.75. The summed E-state index contributed by atoms with van der Waals surface area (Å²) < 4.78 is 0. The summed E-state index contributed by atoms with van der Waals surface area (Å²) in [5.74, 6) is 0.647. The van der Waals surface area contributed by atoms with E-state index in [1.807, 2.05) is 11.9 Å². The van der Waals surface area contributed by atoms with Crippen LogP contribution in [-0.2, 0) is 4.79 Å². The van der Waals surface area contributed by atoms with Gasteiger partial charge in [0.2, 0.25) is 5.91 Å². The normalized spacial score (nSPS) is 29.9. The van der Waals surface area contributed by atoms with Crippen molar-refractivity contribution in [1.29, 1.82) is 0 Å². The Bertz CT molecular complexity index is 211. The van der Waals surface area contributed by atoms with E-state index in [-0.39, 0.29) is 5.92 Å². The molecule has 2 heterocycles. The molecular weight excluding hydrogens is 176 g/mol. The van der Waals surface area contributed by atoms with Crippen molar-refractivity contribution in [1.82, 2.24) is 9.80 Å². The average molecular weight is 196 g/mol. The van der Waals surface area contributed by atoms with Crippen molar-refractivity contribution in [2.75, 3.05) is 33.2 Å². The number of piperidine rings is 1. The quantitative estimate of drug-likeness (QED) is 0.656. The first-order chi connectivity index (χ1) is 6.77. The fraction of sp³-hybridized carbons (Fsp3) is 0.909. The summed E-state index contributed by atoms with van der Waals surface area (Å²) in [5.41, 5.74) is 0. The second kappa shape index (κ2) is 4.30. The number of hydrogen-bond acceptors (Lipinski definition) is 2. The SMILES string of the molecule is CN1CC[C@H](CN2CCCCC2)C1=O. The molecule has 2 aliphatic heterocycles. The lowest BCUT2D eigenvalue weighted by Crippen LogP contribution is -2.36. The largest absolute Gasteiger partial charge is 0.345 e. The van der Waals surface area contributed by atoms with E-state index in [1.54, 1.807) is 0 Å². The predicted molar refractivity (Wildman–Crippen MR) is 56.0 cm³/mol. The third-order valence-electron chi connectivity index (χ3n) is 3.47. The number of rotatable bonds is 2. The second-order valence-corrected chi connectivity index (χ2v) is 4.61. The van der Waals surface area contributed by atoms with Gasteiger partial charge in [-0.05, 0) is 32.4 Å². The summed E-state index contributed by atoms with van der Waals surface area (Å²) in [6.07, 6.45) is 5.06. The van der Waals surface area contributed by atoms with Gasteiger partial charge in [0.15, 0.2) is 0 Å². The van der Waals surface area contributed by atoms with Crippen LogP contribution in [0, 0.1) is 5.92 Å². The van der Waals surface area contributed by atoms with Crippen molar-refractivity contribution < 1.29 is 4.79 Å². The Morgan fingerprint density at radius 1 is 1.21 bits per heavy atom. The van der Waals surface area contributed by atoms with Crippen LogP contribution in [0.1, 0.15) is 25.7 Å². The molecule has 2 fully saturated rings. The van der Waals surface area contributed by atoms with Crippen LogP contribution in [0.3, 0.4) is 0 Å². The number of carbonyl (C=O) groups is 1. The molecule has 0 unspecified atom stereocenters. The van der Waals surface area contributed by atoms with Crippen molar-refractivity contribution in [3.63, 3.8) is 0 Å². The minimum Gasteiger partial charge on any atom is -0.345 e. The van der Waals surface area contributed by atoms with Gasteiger partial charge in [-0.3, -0.25) is 4.79 Å². The average Bonchev–Trinajstić information content (AvgIpc) is 2.52. The van der Waals surface area contributed by atoms with Gasteiger partial charge >= 0.3 is 0 Å². The van der Waals surface area contributed by atoms with Crippen molar-refractivity contribution in [3.05, 3.63) is 0 Å². The van der Waals surface area contributed by atoms with E-state index >= 15 is 0 Å².